The van der Waals surface area contributed by atoms with E-state index in [0.717, 1.165) is 37.1 Å². The highest BCUT2D eigenvalue weighted by atomic mass is 14.5. The largest absolute Gasteiger partial charge is 0.399 e. The third-order valence-corrected chi connectivity index (χ3v) is 10.8. The summed E-state index contributed by atoms with van der Waals surface area (Å²) in [5.41, 5.74) is 25.5. The number of rotatable bonds is 26. The molecule has 0 aliphatic carbocycles. The molecule has 0 aliphatic rings. The summed E-state index contributed by atoms with van der Waals surface area (Å²) in [5.74, 6) is 0. The number of aryl methyl sites for hydroxylation is 4. The summed E-state index contributed by atoms with van der Waals surface area (Å²) in [6.07, 6.45) is 29.4. The van der Waals surface area contributed by atoms with Gasteiger partial charge in [-0.25, -0.2) is 0 Å². The summed E-state index contributed by atoms with van der Waals surface area (Å²) in [6, 6.07) is 31.8. The van der Waals surface area contributed by atoms with Crippen molar-refractivity contribution in [3.05, 3.63) is 129 Å². The molecule has 0 amide bonds. The number of nitrogen functional groups attached to an aromatic ring is 2. The lowest BCUT2D eigenvalue weighted by Gasteiger charge is -2.11. The van der Waals surface area contributed by atoms with Gasteiger partial charge in [-0.05, 0) is 133 Å². The molecule has 0 unspecified atom stereocenters. The van der Waals surface area contributed by atoms with E-state index in [4.69, 9.17) is 11.5 Å². The maximum Gasteiger partial charge on any atom is 0.0316 e. The van der Waals surface area contributed by atoms with Crippen LogP contribution in [0, 0.1) is 0 Å². The van der Waals surface area contributed by atoms with Gasteiger partial charge in [0, 0.05) is 11.4 Å². The quantitative estimate of drug-likeness (QED) is 0.0510. The molecular formula is C49H70N2. The molecule has 0 radical (unpaired) electrons. The fourth-order valence-corrected chi connectivity index (χ4v) is 7.57. The van der Waals surface area contributed by atoms with Gasteiger partial charge in [-0.2, -0.15) is 0 Å². The highest BCUT2D eigenvalue weighted by molar-refractivity contribution is 5.47. The fraction of sp³-hybridized carbons (Fsp3) is 0.510. The summed E-state index contributed by atoms with van der Waals surface area (Å²) in [6.45, 7) is 4.53. The second kappa shape index (κ2) is 23.9. The number of benzene rings is 4. The lowest BCUT2D eigenvalue weighted by Crippen LogP contribution is -1.99. The van der Waals surface area contributed by atoms with Gasteiger partial charge < -0.3 is 11.5 Å². The molecule has 276 valence electrons. The van der Waals surface area contributed by atoms with Crippen LogP contribution in [0.2, 0.25) is 0 Å². The average Bonchev–Trinajstić information content (AvgIpc) is 3.14. The molecule has 4 rings (SSSR count). The van der Waals surface area contributed by atoms with E-state index in [1.807, 2.05) is 0 Å². The topological polar surface area (TPSA) is 52.0 Å². The monoisotopic (exact) mass is 687 g/mol. The first-order valence-electron chi connectivity index (χ1n) is 20.9. The van der Waals surface area contributed by atoms with E-state index < -0.39 is 0 Å². The van der Waals surface area contributed by atoms with E-state index in [1.54, 1.807) is 0 Å². The average molecular weight is 687 g/mol. The molecule has 0 fully saturated rings. The Morgan fingerprint density at radius 2 is 0.627 bits per heavy atom. The Labute approximate surface area is 312 Å². The van der Waals surface area contributed by atoms with Gasteiger partial charge in [0.25, 0.3) is 0 Å². The summed E-state index contributed by atoms with van der Waals surface area (Å²) < 4.78 is 0. The standard InChI is InChI=1S/C49H70N2/c1-3-5-16-22-44-38-48(50)34-32-46(44)36-42-28-24-40(25-29-42)20-18-14-12-10-8-7-9-11-13-15-19-21-41-26-30-43(31-27-41)37-47-33-35-49(51)39-45(47)23-17-6-4-2/h24-35,38-39H,3-23,36-37,50-51H2,1-2H3. The lowest BCUT2D eigenvalue weighted by atomic mass is 9.94. The molecule has 0 saturated heterocycles. The predicted molar refractivity (Wildman–Crippen MR) is 225 cm³/mol. The van der Waals surface area contributed by atoms with Gasteiger partial charge in [0.1, 0.15) is 0 Å². The molecule has 0 bridgehead atoms. The highest BCUT2D eigenvalue weighted by Gasteiger charge is 2.07. The van der Waals surface area contributed by atoms with Crippen molar-refractivity contribution in [3.63, 3.8) is 0 Å². The van der Waals surface area contributed by atoms with Crippen LogP contribution in [0.1, 0.15) is 168 Å². The van der Waals surface area contributed by atoms with Crippen molar-refractivity contribution < 1.29 is 0 Å². The Morgan fingerprint density at radius 3 is 0.980 bits per heavy atom. The van der Waals surface area contributed by atoms with Crippen LogP contribution in [0.25, 0.3) is 0 Å². The van der Waals surface area contributed by atoms with Crippen LogP contribution in [0.4, 0.5) is 11.4 Å². The molecule has 0 aliphatic heterocycles. The number of unbranched alkanes of at least 4 members (excludes halogenated alkanes) is 14. The van der Waals surface area contributed by atoms with Crippen LogP contribution in [0.3, 0.4) is 0 Å². The number of anilines is 2. The molecular weight excluding hydrogens is 617 g/mol. The molecule has 51 heavy (non-hydrogen) atoms. The van der Waals surface area contributed by atoms with Crippen molar-refractivity contribution in [3.8, 4) is 0 Å². The van der Waals surface area contributed by atoms with Gasteiger partial charge in [-0.15, -0.1) is 0 Å². The van der Waals surface area contributed by atoms with E-state index in [0.29, 0.717) is 0 Å². The van der Waals surface area contributed by atoms with E-state index in [9.17, 15) is 0 Å². The van der Waals surface area contributed by atoms with Crippen molar-refractivity contribution in [1.82, 2.24) is 0 Å². The van der Waals surface area contributed by atoms with Crippen LogP contribution in [0.5, 0.6) is 0 Å². The predicted octanol–water partition coefficient (Wildman–Crippen LogP) is 13.6. The Hall–Kier alpha value is -3.52. The summed E-state index contributed by atoms with van der Waals surface area (Å²) >= 11 is 0. The smallest absolute Gasteiger partial charge is 0.0316 e. The summed E-state index contributed by atoms with van der Waals surface area (Å²) in [4.78, 5) is 0. The van der Waals surface area contributed by atoms with Gasteiger partial charge in [-0.3, -0.25) is 0 Å². The molecule has 0 aromatic heterocycles. The maximum atomic E-state index is 6.11. The minimum absolute atomic E-state index is 0.887. The molecule has 4 aromatic carbocycles. The zero-order valence-corrected chi connectivity index (χ0v) is 32.5. The molecule has 0 heterocycles. The Balaban J connectivity index is 0.992. The molecule has 2 nitrogen and oxygen atoms in total. The molecule has 0 saturated carbocycles. The molecule has 0 spiro atoms. The van der Waals surface area contributed by atoms with Crippen molar-refractivity contribution in [2.45, 2.75) is 162 Å². The van der Waals surface area contributed by atoms with Gasteiger partial charge in [0.05, 0.1) is 0 Å². The van der Waals surface area contributed by atoms with Crippen molar-refractivity contribution in [2.75, 3.05) is 11.5 Å². The second-order valence-electron chi connectivity index (χ2n) is 15.3. The third kappa shape index (κ3) is 15.7. The molecule has 0 atom stereocenters. The van der Waals surface area contributed by atoms with Crippen LogP contribution in [-0.2, 0) is 38.5 Å². The fourth-order valence-electron chi connectivity index (χ4n) is 7.57. The van der Waals surface area contributed by atoms with Crippen molar-refractivity contribution in [2.24, 2.45) is 0 Å². The third-order valence-electron chi connectivity index (χ3n) is 10.8. The first kappa shape index (κ1) is 40.3. The van der Waals surface area contributed by atoms with Gasteiger partial charge in [0.2, 0.25) is 0 Å². The lowest BCUT2D eigenvalue weighted by molar-refractivity contribution is 0.545. The van der Waals surface area contributed by atoms with Gasteiger partial charge in [0.15, 0.2) is 0 Å². The van der Waals surface area contributed by atoms with E-state index in [2.05, 4.69) is 98.8 Å². The van der Waals surface area contributed by atoms with Crippen LogP contribution in [0.15, 0.2) is 84.9 Å². The van der Waals surface area contributed by atoms with Crippen molar-refractivity contribution >= 4 is 11.4 Å². The highest BCUT2D eigenvalue weighted by Crippen LogP contribution is 2.23. The number of nitrogens with two attached hydrogens (primary N) is 2. The Bertz CT molecular complexity index is 1390. The van der Waals surface area contributed by atoms with Crippen molar-refractivity contribution in [1.29, 1.82) is 0 Å². The minimum Gasteiger partial charge on any atom is -0.399 e. The molecule has 4 aromatic rings. The zero-order chi connectivity index (χ0) is 35.9. The van der Waals surface area contributed by atoms with Crippen LogP contribution < -0.4 is 11.5 Å². The van der Waals surface area contributed by atoms with Gasteiger partial charge >= 0.3 is 0 Å². The Morgan fingerprint density at radius 1 is 0.314 bits per heavy atom. The van der Waals surface area contributed by atoms with E-state index in [1.165, 1.54) is 167 Å². The first-order valence-corrected chi connectivity index (χ1v) is 20.9. The van der Waals surface area contributed by atoms with Crippen LogP contribution in [-0.4, -0.2) is 0 Å². The normalized spacial score (nSPS) is 11.3. The minimum atomic E-state index is 0.887. The molecule has 2 heteroatoms. The zero-order valence-electron chi connectivity index (χ0n) is 32.5. The summed E-state index contributed by atoms with van der Waals surface area (Å²) in [5, 5.41) is 0. The Kier molecular flexibility index (Phi) is 18.8. The summed E-state index contributed by atoms with van der Waals surface area (Å²) in [7, 11) is 0. The maximum absolute atomic E-state index is 6.11. The second-order valence-corrected chi connectivity index (χ2v) is 15.3. The number of hydrogen-bond acceptors (Lipinski definition) is 2. The van der Waals surface area contributed by atoms with E-state index >= 15 is 0 Å². The SMILES string of the molecule is CCCCCc1cc(N)ccc1Cc1ccc(CCCCCCCCCCCCCc2ccc(Cc3ccc(N)cc3CCCCC)cc2)cc1. The first-order chi connectivity index (χ1) is 25.0. The number of hydrogen-bond donors (Lipinski definition) is 2. The van der Waals surface area contributed by atoms with E-state index in [-0.39, 0.29) is 0 Å². The van der Waals surface area contributed by atoms with Gasteiger partial charge in [-0.1, -0.05) is 158 Å². The van der Waals surface area contributed by atoms with Crippen LogP contribution >= 0.6 is 0 Å². The molecule has 4 N–H and O–H groups in total.